The van der Waals surface area contributed by atoms with Gasteiger partial charge in [-0.1, -0.05) is 23.7 Å². The topological polar surface area (TPSA) is 23.8 Å². The van der Waals surface area contributed by atoms with Crippen LogP contribution in [0.15, 0.2) is 24.3 Å². The van der Waals surface area contributed by atoms with Crippen LogP contribution in [0, 0.1) is 18.3 Å². The second-order valence-corrected chi connectivity index (χ2v) is 2.46. The maximum Gasteiger partial charge on any atom is 0.0587 e. The largest absolute Gasteiger partial charge is 0.199 e. The van der Waals surface area contributed by atoms with E-state index < -0.39 is 0 Å². The highest BCUT2D eigenvalue weighted by molar-refractivity contribution is 6.30. The molecular formula is C9H10ClN. The fourth-order valence-corrected chi connectivity index (χ4v) is 0.850. The Morgan fingerprint density at radius 2 is 2.00 bits per heavy atom. The molecule has 0 aliphatic heterocycles. The Labute approximate surface area is 72.2 Å². The third-order valence-electron chi connectivity index (χ3n) is 0.980. The first-order valence-corrected chi connectivity index (χ1v) is 3.61. The van der Waals surface area contributed by atoms with Crippen LogP contribution in [-0.2, 0) is 0 Å². The van der Waals surface area contributed by atoms with Crippen molar-refractivity contribution in [3.05, 3.63) is 34.9 Å². The van der Waals surface area contributed by atoms with Gasteiger partial charge in [0.25, 0.3) is 0 Å². The van der Waals surface area contributed by atoms with Gasteiger partial charge in [0.1, 0.15) is 0 Å². The Hall–Kier alpha value is -1.00. The molecule has 0 radical (unpaired) electrons. The molecule has 0 atom stereocenters. The number of rotatable bonds is 0. The second-order valence-electron chi connectivity index (χ2n) is 2.02. The molecule has 0 saturated carbocycles. The minimum absolute atomic E-state index is 0.810. The highest BCUT2D eigenvalue weighted by Crippen LogP contribution is 2.08. The summed E-state index contributed by atoms with van der Waals surface area (Å²) in [6, 6.07) is 9.51. The molecule has 0 N–H and O–H groups in total. The van der Waals surface area contributed by atoms with Crippen molar-refractivity contribution >= 4 is 11.6 Å². The standard InChI is InChI=1S/C7H7Cl.C2H3N/c1-6-3-2-4-7(8)5-6;1-2-3/h2-5H,1H3;1H3. The minimum Gasteiger partial charge on any atom is -0.199 e. The zero-order chi connectivity index (χ0) is 8.69. The molecule has 0 aromatic heterocycles. The average Bonchev–Trinajstić information content (AvgIpc) is 1.88. The fraction of sp³-hybridized carbons (Fsp3) is 0.222. The van der Waals surface area contributed by atoms with Crippen LogP contribution in [-0.4, -0.2) is 0 Å². The summed E-state index contributed by atoms with van der Waals surface area (Å²) in [5.74, 6) is 0. The third kappa shape index (κ3) is 5.44. The lowest BCUT2D eigenvalue weighted by Crippen LogP contribution is -1.66. The number of benzene rings is 1. The smallest absolute Gasteiger partial charge is 0.0587 e. The van der Waals surface area contributed by atoms with Crippen molar-refractivity contribution in [3.63, 3.8) is 0 Å². The quantitative estimate of drug-likeness (QED) is 0.582. The Kier molecular flexibility index (Phi) is 5.24. The predicted octanol–water partition coefficient (Wildman–Crippen LogP) is 3.18. The summed E-state index contributed by atoms with van der Waals surface area (Å²) >= 11 is 5.64. The monoisotopic (exact) mass is 167 g/mol. The summed E-state index contributed by atoms with van der Waals surface area (Å²) < 4.78 is 0. The van der Waals surface area contributed by atoms with Crippen LogP contribution in [0.3, 0.4) is 0 Å². The normalized spacial score (nSPS) is 7.45. The molecule has 0 amide bonds. The Balaban J connectivity index is 0.000000292. The van der Waals surface area contributed by atoms with Crippen LogP contribution < -0.4 is 0 Å². The fourth-order valence-electron chi connectivity index (χ4n) is 0.606. The molecule has 1 nitrogen and oxygen atoms in total. The van der Waals surface area contributed by atoms with Crippen molar-refractivity contribution in [2.24, 2.45) is 0 Å². The molecule has 0 aliphatic carbocycles. The van der Waals surface area contributed by atoms with E-state index in [-0.39, 0.29) is 0 Å². The van der Waals surface area contributed by atoms with Crippen molar-refractivity contribution in [1.29, 1.82) is 5.26 Å². The number of halogens is 1. The third-order valence-corrected chi connectivity index (χ3v) is 1.22. The summed E-state index contributed by atoms with van der Waals surface area (Å²) in [5.41, 5.74) is 1.21. The van der Waals surface area contributed by atoms with Crippen LogP contribution in [0.4, 0.5) is 0 Å². The second kappa shape index (κ2) is 5.76. The molecule has 58 valence electrons. The SMILES string of the molecule is CC#N.Cc1cccc(Cl)c1. The van der Waals surface area contributed by atoms with Gasteiger partial charge >= 0.3 is 0 Å². The molecule has 1 aromatic carbocycles. The van der Waals surface area contributed by atoms with E-state index in [2.05, 4.69) is 0 Å². The summed E-state index contributed by atoms with van der Waals surface area (Å²) in [6.07, 6.45) is 0. The summed E-state index contributed by atoms with van der Waals surface area (Å²) in [7, 11) is 0. The average molecular weight is 168 g/mol. The highest BCUT2D eigenvalue weighted by atomic mass is 35.5. The molecule has 2 heteroatoms. The maximum absolute atomic E-state index is 7.32. The van der Waals surface area contributed by atoms with Gasteiger partial charge in [0.15, 0.2) is 0 Å². The number of nitrogens with zero attached hydrogens (tertiary/aromatic N) is 1. The van der Waals surface area contributed by atoms with Gasteiger partial charge in [-0.2, -0.15) is 5.26 Å². The molecule has 0 unspecified atom stereocenters. The van der Waals surface area contributed by atoms with Crippen molar-refractivity contribution in [2.45, 2.75) is 13.8 Å². The summed E-state index contributed by atoms with van der Waals surface area (Å²) in [6.45, 7) is 3.45. The van der Waals surface area contributed by atoms with Crippen molar-refractivity contribution in [2.75, 3.05) is 0 Å². The zero-order valence-electron chi connectivity index (χ0n) is 6.63. The zero-order valence-corrected chi connectivity index (χ0v) is 7.39. The molecule has 1 rings (SSSR count). The first-order valence-electron chi connectivity index (χ1n) is 3.23. The van der Waals surface area contributed by atoms with Gasteiger partial charge in [0, 0.05) is 11.9 Å². The van der Waals surface area contributed by atoms with Crippen LogP contribution in [0.5, 0.6) is 0 Å². The van der Waals surface area contributed by atoms with Gasteiger partial charge in [-0.15, -0.1) is 0 Å². The first kappa shape index (κ1) is 10.0. The molecule has 11 heavy (non-hydrogen) atoms. The molecule has 1 aromatic rings. The van der Waals surface area contributed by atoms with Crippen molar-refractivity contribution in [3.8, 4) is 6.07 Å². The lowest BCUT2D eigenvalue weighted by Gasteiger charge is -1.88. The van der Waals surface area contributed by atoms with Crippen LogP contribution >= 0.6 is 11.6 Å². The van der Waals surface area contributed by atoms with Crippen LogP contribution in [0.2, 0.25) is 5.02 Å². The van der Waals surface area contributed by atoms with Crippen molar-refractivity contribution in [1.82, 2.24) is 0 Å². The van der Waals surface area contributed by atoms with Crippen LogP contribution in [0.25, 0.3) is 0 Å². The Bertz CT molecular complexity index is 233. The molecule has 0 fully saturated rings. The summed E-state index contributed by atoms with van der Waals surface area (Å²) in [5, 5.41) is 8.13. The van der Waals surface area contributed by atoms with Gasteiger partial charge in [-0.05, 0) is 24.6 Å². The van der Waals surface area contributed by atoms with Gasteiger partial charge in [-0.25, -0.2) is 0 Å². The van der Waals surface area contributed by atoms with E-state index in [1.807, 2.05) is 31.2 Å². The lowest BCUT2D eigenvalue weighted by atomic mass is 10.2. The molecule has 0 spiro atoms. The van der Waals surface area contributed by atoms with Gasteiger partial charge in [-0.3, -0.25) is 0 Å². The molecule has 0 heterocycles. The van der Waals surface area contributed by atoms with Crippen LogP contribution in [0.1, 0.15) is 12.5 Å². The maximum atomic E-state index is 7.32. The van der Waals surface area contributed by atoms with E-state index in [9.17, 15) is 0 Å². The van der Waals surface area contributed by atoms with E-state index in [1.165, 1.54) is 12.5 Å². The number of nitriles is 1. The van der Waals surface area contributed by atoms with Gasteiger partial charge < -0.3 is 0 Å². The number of aryl methyl sites for hydroxylation is 1. The molecular weight excluding hydrogens is 158 g/mol. The van der Waals surface area contributed by atoms with E-state index in [0.717, 1.165) is 5.02 Å². The van der Waals surface area contributed by atoms with Gasteiger partial charge in [0.05, 0.1) is 6.07 Å². The van der Waals surface area contributed by atoms with E-state index in [0.29, 0.717) is 0 Å². The lowest BCUT2D eigenvalue weighted by molar-refractivity contribution is 1.47. The summed E-state index contributed by atoms with van der Waals surface area (Å²) in [4.78, 5) is 0. The minimum atomic E-state index is 0.810. The number of hydrogen-bond donors (Lipinski definition) is 0. The van der Waals surface area contributed by atoms with E-state index in [1.54, 1.807) is 6.07 Å². The molecule has 0 bridgehead atoms. The number of hydrogen-bond acceptors (Lipinski definition) is 1. The Morgan fingerprint density at radius 1 is 1.45 bits per heavy atom. The van der Waals surface area contributed by atoms with Crippen molar-refractivity contribution < 1.29 is 0 Å². The first-order chi connectivity index (χ1) is 5.20. The Morgan fingerprint density at radius 3 is 2.27 bits per heavy atom. The predicted molar refractivity (Wildman–Crippen MR) is 47.5 cm³/mol. The van der Waals surface area contributed by atoms with E-state index in [4.69, 9.17) is 16.9 Å². The highest BCUT2D eigenvalue weighted by Gasteiger charge is 1.82. The van der Waals surface area contributed by atoms with E-state index >= 15 is 0 Å². The van der Waals surface area contributed by atoms with Gasteiger partial charge in [0.2, 0.25) is 0 Å². The molecule has 0 aliphatic rings. The molecule has 0 saturated heterocycles.